The van der Waals surface area contributed by atoms with Crippen LogP contribution < -0.4 is 9.46 Å². The van der Waals surface area contributed by atoms with Gasteiger partial charge >= 0.3 is 0 Å². The molecule has 37 heavy (non-hydrogen) atoms. The summed E-state index contributed by atoms with van der Waals surface area (Å²) in [5, 5.41) is 1.03. The lowest BCUT2D eigenvalue weighted by atomic mass is 9.95. The Morgan fingerprint density at radius 3 is 2.43 bits per heavy atom. The minimum absolute atomic E-state index is 0.0582. The summed E-state index contributed by atoms with van der Waals surface area (Å²) in [4.78, 5) is 14.6. The van der Waals surface area contributed by atoms with Gasteiger partial charge in [0.25, 0.3) is 5.91 Å². The highest BCUT2D eigenvalue weighted by atomic mass is 35.5. The van der Waals surface area contributed by atoms with Gasteiger partial charge in [0.15, 0.2) is 0 Å². The zero-order chi connectivity index (χ0) is 26.7. The maximum atomic E-state index is 14.8. The number of hydrogen-bond acceptors (Lipinski definition) is 6. The number of ether oxygens (including phenoxy) is 2. The molecule has 2 aromatic carbocycles. The molecule has 0 spiro atoms. The first-order valence-corrected chi connectivity index (χ1v) is 14.9. The van der Waals surface area contributed by atoms with Crippen molar-refractivity contribution in [2.45, 2.75) is 37.6 Å². The normalized spacial score (nSPS) is 18.0. The molecule has 1 aliphatic heterocycles. The van der Waals surface area contributed by atoms with Crippen LogP contribution in [0.4, 0.5) is 4.39 Å². The number of halogens is 3. The van der Waals surface area contributed by atoms with Gasteiger partial charge in [0.2, 0.25) is 10.0 Å². The van der Waals surface area contributed by atoms with Crippen LogP contribution in [-0.4, -0.2) is 58.9 Å². The van der Waals surface area contributed by atoms with Crippen LogP contribution in [0, 0.1) is 11.7 Å². The molecular formula is C26H31Cl2FN2O5S. The highest BCUT2D eigenvalue weighted by molar-refractivity contribution is 7.89. The van der Waals surface area contributed by atoms with Gasteiger partial charge in [0, 0.05) is 13.2 Å². The van der Waals surface area contributed by atoms with Gasteiger partial charge in [-0.25, -0.2) is 17.5 Å². The number of nitrogens with zero attached hydrogens (tertiary/aromatic N) is 1. The Morgan fingerprint density at radius 2 is 1.84 bits per heavy atom. The number of sulfonamides is 1. The number of hydrogen-bond donors (Lipinski definition) is 1. The van der Waals surface area contributed by atoms with E-state index in [1.165, 1.54) is 12.1 Å². The Morgan fingerprint density at radius 1 is 1.14 bits per heavy atom. The molecular weight excluding hydrogens is 542 g/mol. The fraction of sp³-hybridized carbons (Fsp3) is 0.500. The van der Waals surface area contributed by atoms with Gasteiger partial charge in [-0.3, -0.25) is 9.69 Å². The Labute approximate surface area is 227 Å². The maximum absolute atomic E-state index is 14.8. The van der Waals surface area contributed by atoms with Crippen LogP contribution in [0.15, 0.2) is 30.3 Å². The van der Waals surface area contributed by atoms with E-state index in [9.17, 15) is 17.6 Å². The van der Waals surface area contributed by atoms with Crippen molar-refractivity contribution in [1.29, 1.82) is 0 Å². The fourth-order valence-corrected chi connectivity index (χ4v) is 5.49. The van der Waals surface area contributed by atoms with E-state index < -0.39 is 21.7 Å². The molecule has 1 atom stereocenters. The first kappa shape index (κ1) is 28.1. The van der Waals surface area contributed by atoms with Gasteiger partial charge in [0.1, 0.15) is 11.6 Å². The second kappa shape index (κ2) is 11.9. The number of carbonyl (C=O) groups excluding carboxylic acids is 1. The average molecular weight is 574 g/mol. The Bertz CT molecular complexity index is 1250. The van der Waals surface area contributed by atoms with Gasteiger partial charge in [-0.05, 0) is 79.9 Å². The molecule has 1 aliphatic carbocycles. The first-order chi connectivity index (χ1) is 17.6. The third-order valence-corrected chi connectivity index (χ3v) is 8.15. The minimum Gasteiger partial charge on any atom is -0.493 e. The topological polar surface area (TPSA) is 84.9 Å². The van der Waals surface area contributed by atoms with Gasteiger partial charge in [0.05, 0.1) is 41.1 Å². The van der Waals surface area contributed by atoms with Crippen molar-refractivity contribution < 1.29 is 27.1 Å². The summed E-state index contributed by atoms with van der Waals surface area (Å²) >= 11 is 12.3. The van der Waals surface area contributed by atoms with E-state index in [0.29, 0.717) is 29.0 Å². The van der Waals surface area contributed by atoms with Crippen molar-refractivity contribution in [3.63, 3.8) is 0 Å². The van der Waals surface area contributed by atoms with E-state index in [2.05, 4.69) is 4.90 Å². The minimum atomic E-state index is -3.80. The number of rotatable bonds is 10. The lowest BCUT2D eigenvalue weighted by Crippen LogP contribution is -2.39. The summed E-state index contributed by atoms with van der Waals surface area (Å²) in [5.74, 6) is -0.890. The summed E-state index contributed by atoms with van der Waals surface area (Å²) in [6.45, 7) is 2.65. The van der Waals surface area contributed by atoms with Crippen molar-refractivity contribution in [2.24, 2.45) is 5.92 Å². The fourth-order valence-electron chi connectivity index (χ4n) is 4.74. The predicted molar refractivity (Wildman–Crippen MR) is 142 cm³/mol. The molecule has 0 aromatic heterocycles. The van der Waals surface area contributed by atoms with Crippen LogP contribution in [-0.2, 0) is 14.8 Å². The van der Waals surface area contributed by atoms with Crippen LogP contribution in [0.1, 0.15) is 59.1 Å². The van der Waals surface area contributed by atoms with Crippen LogP contribution in [0.2, 0.25) is 10.0 Å². The second-order valence-corrected chi connectivity index (χ2v) is 12.3. The Balaban J connectivity index is 1.39. The zero-order valence-electron chi connectivity index (χ0n) is 20.8. The van der Waals surface area contributed by atoms with Crippen molar-refractivity contribution in [3.05, 3.63) is 62.9 Å². The summed E-state index contributed by atoms with van der Waals surface area (Å²) in [5.41, 5.74) is 1.51. The van der Waals surface area contributed by atoms with Crippen molar-refractivity contribution >= 4 is 39.1 Å². The number of carbonyl (C=O) groups is 1. The lowest BCUT2D eigenvalue weighted by Gasteiger charge is -2.37. The first-order valence-electron chi connectivity index (χ1n) is 12.2. The number of benzene rings is 2. The zero-order valence-corrected chi connectivity index (χ0v) is 23.1. The molecule has 1 unspecified atom stereocenters. The quantitative estimate of drug-likeness (QED) is 0.422. The number of amides is 1. The van der Waals surface area contributed by atoms with Crippen LogP contribution in [0.3, 0.4) is 0 Å². The molecule has 202 valence electrons. The van der Waals surface area contributed by atoms with Crippen LogP contribution in [0.5, 0.6) is 5.75 Å². The summed E-state index contributed by atoms with van der Waals surface area (Å²) in [6, 6.07) is 8.35. The van der Waals surface area contributed by atoms with Crippen LogP contribution in [0.25, 0.3) is 0 Å². The van der Waals surface area contributed by atoms with Crippen molar-refractivity contribution in [1.82, 2.24) is 9.62 Å². The molecule has 11 heteroatoms. The third kappa shape index (κ3) is 7.35. The number of likely N-dealkylation sites (tertiary alicyclic amines) is 1. The molecule has 1 N–H and O–H groups in total. The Hall–Kier alpha value is -1.91. The summed E-state index contributed by atoms with van der Waals surface area (Å²) in [7, 11) is -2.12. The van der Waals surface area contributed by atoms with Crippen LogP contribution >= 0.6 is 23.2 Å². The molecule has 1 saturated carbocycles. The molecule has 2 aromatic rings. The molecule has 1 saturated heterocycles. The predicted octanol–water partition coefficient (Wildman–Crippen LogP) is 5.18. The molecule has 4 rings (SSSR count). The summed E-state index contributed by atoms with van der Waals surface area (Å²) in [6.07, 6.45) is 4.50. The SMILES string of the molecule is COCC(c1ccc(Cl)c(Cl)c1)N1CCC(COc2cc(F)c(C(=O)NS(C)(=O)=O)cc2C2CC2)CC1. The molecule has 1 amide bonds. The third-order valence-electron chi connectivity index (χ3n) is 6.86. The van der Waals surface area contributed by atoms with Gasteiger partial charge in [-0.15, -0.1) is 0 Å². The van der Waals surface area contributed by atoms with E-state index in [-0.39, 0.29) is 23.4 Å². The maximum Gasteiger partial charge on any atom is 0.267 e. The molecule has 1 heterocycles. The van der Waals surface area contributed by atoms with Gasteiger partial charge < -0.3 is 9.47 Å². The Kier molecular flexibility index (Phi) is 9.01. The van der Waals surface area contributed by atoms with E-state index in [1.807, 2.05) is 16.9 Å². The van der Waals surface area contributed by atoms with Crippen molar-refractivity contribution in [2.75, 3.05) is 39.7 Å². The highest BCUT2D eigenvalue weighted by Gasteiger charge is 2.31. The number of piperidine rings is 1. The lowest BCUT2D eigenvalue weighted by molar-refractivity contribution is 0.0556. The highest BCUT2D eigenvalue weighted by Crippen LogP contribution is 2.45. The smallest absolute Gasteiger partial charge is 0.267 e. The van der Waals surface area contributed by atoms with Gasteiger partial charge in [-0.1, -0.05) is 29.3 Å². The van der Waals surface area contributed by atoms with E-state index in [0.717, 1.165) is 56.2 Å². The van der Waals surface area contributed by atoms with E-state index in [1.54, 1.807) is 13.2 Å². The number of nitrogens with one attached hydrogen (secondary N) is 1. The largest absolute Gasteiger partial charge is 0.493 e. The second-order valence-electron chi connectivity index (χ2n) is 9.78. The standard InChI is InChI=1S/C26H31Cl2FN2O5S/c1-35-15-24(18-5-6-21(27)22(28)11-18)31-9-7-16(8-10-31)14-36-25-13-23(29)20(12-19(25)17-3-4-17)26(32)30-37(2,33)34/h5-6,11-13,16-17,24H,3-4,7-10,14-15H2,1-2H3,(H,30,32). The molecule has 2 aliphatic rings. The number of methoxy groups -OCH3 is 1. The molecule has 7 nitrogen and oxygen atoms in total. The molecule has 0 bridgehead atoms. The average Bonchev–Trinajstić information content (AvgIpc) is 3.68. The van der Waals surface area contributed by atoms with E-state index in [4.69, 9.17) is 32.7 Å². The van der Waals surface area contributed by atoms with Crippen molar-refractivity contribution in [3.8, 4) is 5.75 Å². The molecule has 0 radical (unpaired) electrons. The monoisotopic (exact) mass is 572 g/mol. The summed E-state index contributed by atoms with van der Waals surface area (Å²) < 4.78 is 51.0. The van der Waals surface area contributed by atoms with E-state index >= 15 is 0 Å². The van der Waals surface area contributed by atoms with Gasteiger partial charge in [-0.2, -0.15) is 0 Å². The molecule has 2 fully saturated rings.